The molecule has 0 saturated heterocycles. The molecule has 0 amide bonds. The van der Waals surface area contributed by atoms with Gasteiger partial charge in [-0.15, -0.1) is 0 Å². The normalized spacial score (nSPS) is 15.6. The first-order valence-corrected chi connectivity index (χ1v) is 5.22. The monoisotopic (exact) mass is 213 g/mol. The van der Waals surface area contributed by atoms with Gasteiger partial charge in [-0.3, -0.25) is 0 Å². The van der Waals surface area contributed by atoms with E-state index in [9.17, 15) is 0 Å². The van der Waals surface area contributed by atoms with Crippen molar-refractivity contribution in [3.05, 3.63) is 11.7 Å². The van der Waals surface area contributed by atoms with Crippen molar-refractivity contribution in [3.8, 4) is 0 Å². The number of aromatic nitrogens is 2. The first kappa shape index (κ1) is 12.1. The van der Waals surface area contributed by atoms with Crippen molar-refractivity contribution in [1.82, 2.24) is 10.1 Å². The van der Waals surface area contributed by atoms with E-state index in [1.54, 1.807) is 7.11 Å². The summed E-state index contributed by atoms with van der Waals surface area (Å²) >= 11 is 0. The van der Waals surface area contributed by atoms with E-state index in [1.807, 2.05) is 20.8 Å². The van der Waals surface area contributed by atoms with Crippen molar-refractivity contribution in [2.24, 2.45) is 11.7 Å². The van der Waals surface area contributed by atoms with Gasteiger partial charge in [0.2, 0.25) is 11.7 Å². The summed E-state index contributed by atoms with van der Waals surface area (Å²) in [6, 6.07) is -0.208. The van der Waals surface area contributed by atoms with Crippen LogP contribution in [0.15, 0.2) is 4.52 Å². The lowest BCUT2D eigenvalue weighted by Gasteiger charge is -2.09. The van der Waals surface area contributed by atoms with Crippen LogP contribution in [0.3, 0.4) is 0 Å². The first-order valence-electron chi connectivity index (χ1n) is 5.22. The molecular weight excluding hydrogens is 194 g/mol. The second-order valence-corrected chi connectivity index (χ2v) is 3.89. The van der Waals surface area contributed by atoms with Gasteiger partial charge in [0, 0.05) is 7.11 Å². The van der Waals surface area contributed by atoms with Crippen LogP contribution in [0.4, 0.5) is 0 Å². The Kier molecular flexibility index (Phi) is 4.23. The van der Waals surface area contributed by atoms with Gasteiger partial charge in [0.1, 0.15) is 6.10 Å². The van der Waals surface area contributed by atoms with E-state index in [0.717, 1.165) is 6.42 Å². The van der Waals surface area contributed by atoms with Crippen LogP contribution >= 0.6 is 0 Å². The van der Waals surface area contributed by atoms with Gasteiger partial charge in [-0.2, -0.15) is 4.98 Å². The molecule has 0 aliphatic heterocycles. The van der Waals surface area contributed by atoms with Crippen LogP contribution in [0.1, 0.15) is 51.1 Å². The summed E-state index contributed by atoms with van der Waals surface area (Å²) < 4.78 is 10.3. The average molecular weight is 213 g/mol. The van der Waals surface area contributed by atoms with Gasteiger partial charge in [0.15, 0.2) is 0 Å². The van der Waals surface area contributed by atoms with Gasteiger partial charge >= 0.3 is 0 Å². The highest BCUT2D eigenvalue weighted by molar-refractivity contribution is 4.95. The van der Waals surface area contributed by atoms with Gasteiger partial charge in [-0.05, 0) is 12.3 Å². The topological polar surface area (TPSA) is 74.2 Å². The average Bonchev–Trinajstić information content (AvgIpc) is 2.67. The summed E-state index contributed by atoms with van der Waals surface area (Å²) in [5, 5.41) is 3.87. The largest absolute Gasteiger partial charge is 0.373 e. The number of nitrogens with zero attached hydrogens (tertiary/aromatic N) is 2. The van der Waals surface area contributed by atoms with Gasteiger partial charge in [0.05, 0.1) is 6.04 Å². The minimum absolute atomic E-state index is 0.109. The Morgan fingerprint density at radius 2 is 2.13 bits per heavy atom. The second-order valence-electron chi connectivity index (χ2n) is 3.89. The minimum atomic E-state index is -0.208. The number of methoxy groups -OCH3 is 1. The van der Waals surface area contributed by atoms with E-state index >= 15 is 0 Å². The standard InChI is InChI=1S/C10H19N3O2/c1-5-7(14-4)9-12-10(15-13-9)8(11)6(2)3/h6-8H,5,11H2,1-4H3. The number of hydrogen-bond acceptors (Lipinski definition) is 5. The first-order chi connectivity index (χ1) is 7.10. The maximum atomic E-state index is 5.90. The zero-order valence-electron chi connectivity index (χ0n) is 9.73. The summed E-state index contributed by atoms with van der Waals surface area (Å²) in [6.07, 6.45) is 0.703. The van der Waals surface area contributed by atoms with Crippen molar-refractivity contribution in [2.45, 2.75) is 39.3 Å². The summed E-state index contributed by atoms with van der Waals surface area (Å²) in [5.41, 5.74) is 5.90. The third-order valence-corrected chi connectivity index (χ3v) is 2.40. The zero-order chi connectivity index (χ0) is 11.4. The maximum Gasteiger partial charge on any atom is 0.243 e. The van der Waals surface area contributed by atoms with E-state index in [4.69, 9.17) is 15.0 Å². The molecule has 1 heterocycles. The van der Waals surface area contributed by atoms with Crippen LogP contribution in [0, 0.1) is 5.92 Å². The van der Waals surface area contributed by atoms with Gasteiger partial charge in [0.25, 0.3) is 0 Å². The Balaban J connectivity index is 2.79. The molecule has 0 saturated carbocycles. The van der Waals surface area contributed by atoms with Crippen molar-refractivity contribution in [2.75, 3.05) is 7.11 Å². The molecule has 15 heavy (non-hydrogen) atoms. The Bertz CT molecular complexity index is 278. The molecule has 2 atom stereocenters. The van der Waals surface area contributed by atoms with E-state index < -0.39 is 0 Å². The molecule has 5 heteroatoms. The SMILES string of the molecule is CCC(OC)c1noc(C(N)C(C)C)n1. The quantitative estimate of drug-likeness (QED) is 0.807. The maximum absolute atomic E-state index is 5.90. The molecule has 0 spiro atoms. The van der Waals surface area contributed by atoms with Crippen molar-refractivity contribution < 1.29 is 9.26 Å². The molecule has 2 unspecified atom stereocenters. The Labute approximate surface area is 90.0 Å². The molecule has 1 aromatic rings. The van der Waals surface area contributed by atoms with Gasteiger partial charge in [-0.25, -0.2) is 0 Å². The summed E-state index contributed by atoms with van der Waals surface area (Å²) in [6.45, 7) is 6.04. The summed E-state index contributed by atoms with van der Waals surface area (Å²) in [4.78, 5) is 4.25. The molecule has 5 nitrogen and oxygen atoms in total. The zero-order valence-corrected chi connectivity index (χ0v) is 9.73. The molecule has 1 rings (SSSR count). The third-order valence-electron chi connectivity index (χ3n) is 2.40. The molecule has 0 aliphatic carbocycles. The van der Waals surface area contributed by atoms with Crippen LogP contribution in [0.5, 0.6) is 0 Å². The molecule has 1 aromatic heterocycles. The predicted molar refractivity (Wildman–Crippen MR) is 56.1 cm³/mol. The van der Waals surface area contributed by atoms with Crippen molar-refractivity contribution in [3.63, 3.8) is 0 Å². The fourth-order valence-corrected chi connectivity index (χ4v) is 1.25. The summed E-state index contributed by atoms with van der Waals surface area (Å²) in [7, 11) is 1.63. The number of rotatable bonds is 5. The van der Waals surface area contributed by atoms with Gasteiger partial charge < -0.3 is 15.0 Å². The molecule has 0 aliphatic rings. The lowest BCUT2D eigenvalue weighted by Crippen LogP contribution is -2.17. The van der Waals surface area contributed by atoms with E-state index in [0.29, 0.717) is 11.7 Å². The highest BCUT2D eigenvalue weighted by atomic mass is 16.5. The minimum Gasteiger partial charge on any atom is -0.373 e. The number of ether oxygens (including phenoxy) is 1. The number of hydrogen-bond donors (Lipinski definition) is 1. The Morgan fingerprint density at radius 3 is 2.60 bits per heavy atom. The molecule has 0 fully saturated rings. The summed E-state index contributed by atoms with van der Waals surface area (Å²) in [5.74, 6) is 1.34. The van der Waals surface area contributed by atoms with Crippen LogP contribution in [0.2, 0.25) is 0 Å². The van der Waals surface area contributed by atoms with Crippen LogP contribution in [-0.4, -0.2) is 17.3 Å². The van der Waals surface area contributed by atoms with Crippen molar-refractivity contribution >= 4 is 0 Å². The molecule has 0 radical (unpaired) electrons. The lowest BCUT2D eigenvalue weighted by atomic mass is 10.1. The fraction of sp³-hybridized carbons (Fsp3) is 0.800. The predicted octanol–water partition coefficient (Wildman–Crippen LogP) is 1.82. The van der Waals surface area contributed by atoms with Crippen molar-refractivity contribution in [1.29, 1.82) is 0 Å². The molecule has 0 aromatic carbocycles. The fourth-order valence-electron chi connectivity index (χ4n) is 1.25. The molecular formula is C10H19N3O2. The molecule has 2 N–H and O–H groups in total. The highest BCUT2D eigenvalue weighted by Gasteiger charge is 2.21. The third kappa shape index (κ3) is 2.76. The van der Waals surface area contributed by atoms with E-state index in [2.05, 4.69) is 10.1 Å². The molecule has 0 bridgehead atoms. The smallest absolute Gasteiger partial charge is 0.243 e. The van der Waals surface area contributed by atoms with Crippen LogP contribution in [-0.2, 0) is 4.74 Å². The van der Waals surface area contributed by atoms with Crippen LogP contribution < -0.4 is 5.73 Å². The highest BCUT2D eigenvalue weighted by Crippen LogP contribution is 2.21. The van der Waals surface area contributed by atoms with Gasteiger partial charge in [-0.1, -0.05) is 25.9 Å². The Hall–Kier alpha value is -0.940. The number of nitrogens with two attached hydrogens (primary N) is 1. The van der Waals surface area contributed by atoms with E-state index in [-0.39, 0.29) is 18.1 Å². The second kappa shape index (κ2) is 5.23. The lowest BCUT2D eigenvalue weighted by molar-refractivity contribution is 0.0903. The Morgan fingerprint density at radius 1 is 1.47 bits per heavy atom. The molecule has 86 valence electrons. The van der Waals surface area contributed by atoms with E-state index in [1.165, 1.54) is 0 Å². The van der Waals surface area contributed by atoms with Crippen LogP contribution in [0.25, 0.3) is 0 Å².